The van der Waals surface area contributed by atoms with Gasteiger partial charge in [-0.15, -0.1) is 11.6 Å². The molecule has 0 saturated heterocycles. The summed E-state index contributed by atoms with van der Waals surface area (Å²) in [5.74, 6) is -1.09. The van der Waals surface area contributed by atoms with Gasteiger partial charge >= 0.3 is 0 Å². The van der Waals surface area contributed by atoms with Gasteiger partial charge in [0, 0.05) is 12.4 Å². The van der Waals surface area contributed by atoms with Crippen LogP contribution < -0.4 is 5.32 Å². The molecule has 0 atom stereocenters. The second kappa shape index (κ2) is 6.70. The Balaban J connectivity index is 2.85. The number of nitrogens with one attached hydrogen (secondary N) is 1. The number of hydrogen-bond acceptors (Lipinski definition) is 3. The molecule has 0 unspecified atom stereocenters. The Hall–Kier alpha value is -1.95. The van der Waals surface area contributed by atoms with Crippen LogP contribution >= 0.6 is 11.6 Å². The lowest BCUT2D eigenvalue weighted by molar-refractivity contribution is -0.385. The maximum atomic E-state index is 12.9. The molecule has 0 aliphatic heterocycles. The molecule has 1 aromatic carbocycles. The molecule has 1 amide bonds. The van der Waals surface area contributed by atoms with E-state index in [1.165, 1.54) is 0 Å². The molecule has 0 bridgehead atoms. The molecular formula is C11H10ClFN2O3. The predicted molar refractivity (Wildman–Crippen MR) is 65.2 cm³/mol. The van der Waals surface area contributed by atoms with Gasteiger partial charge in [0.25, 0.3) is 11.6 Å². The maximum absolute atomic E-state index is 12.9. The number of benzene rings is 1. The Morgan fingerprint density at radius 1 is 1.50 bits per heavy atom. The SMILES string of the molecule is O=C(NC/C=C/CCl)c1ccc(F)cc1[N+](=O)[O-]. The van der Waals surface area contributed by atoms with Crippen molar-refractivity contribution in [1.82, 2.24) is 5.32 Å². The van der Waals surface area contributed by atoms with Gasteiger partial charge in [0.2, 0.25) is 0 Å². The second-order valence-corrected chi connectivity index (χ2v) is 3.56. The molecule has 1 aromatic rings. The molecule has 0 aliphatic rings. The van der Waals surface area contributed by atoms with Crippen LogP contribution in [0.25, 0.3) is 0 Å². The third-order valence-corrected chi connectivity index (χ3v) is 2.22. The van der Waals surface area contributed by atoms with Gasteiger partial charge in [0.05, 0.1) is 11.0 Å². The molecule has 7 heteroatoms. The molecule has 0 saturated carbocycles. The highest BCUT2D eigenvalue weighted by atomic mass is 35.5. The average molecular weight is 273 g/mol. The van der Waals surface area contributed by atoms with Crippen LogP contribution in [0, 0.1) is 15.9 Å². The summed E-state index contributed by atoms with van der Waals surface area (Å²) in [4.78, 5) is 21.5. The highest BCUT2D eigenvalue weighted by molar-refractivity contribution is 6.18. The molecule has 18 heavy (non-hydrogen) atoms. The van der Waals surface area contributed by atoms with Crippen LogP contribution in [-0.4, -0.2) is 23.3 Å². The van der Waals surface area contributed by atoms with Crippen molar-refractivity contribution >= 4 is 23.2 Å². The molecule has 0 heterocycles. The van der Waals surface area contributed by atoms with Crippen LogP contribution in [0.5, 0.6) is 0 Å². The van der Waals surface area contributed by atoms with Crippen molar-refractivity contribution in [3.05, 3.63) is 51.8 Å². The van der Waals surface area contributed by atoms with Crippen LogP contribution in [0.15, 0.2) is 30.4 Å². The molecule has 0 spiro atoms. The Morgan fingerprint density at radius 2 is 2.22 bits per heavy atom. The summed E-state index contributed by atoms with van der Waals surface area (Å²) in [6, 6.07) is 2.79. The first-order valence-corrected chi connectivity index (χ1v) is 5.53. The summed E-state index contributed by atoms with van der Waals surface area (Å²) >= 11 is 5.39. The first-order valence-electron chi connectivity index (χ1n) is 4.99. The van der Waals surface area contributed by atoms with Crippen molar-refractivity contribution in [3.8, 4) is 0 Å². The second-order valence-electron chi connectivity index (χ2n) is 3.25. The molecule has 0 fully saturated rings. The number of hydrogen-bond donors (Lipinski definition) is 1. The lowest BCUT2D eigenvalue weighted by atomic mass is 10.1. The van der Waals surface area contributed by atoms with E-state index in [-0.39, 0.29) is 12.1 Å². The van der Waals surface area contributed by atoms with Gasteiger partial charge in [0.1, 0.15) is 11.4 Å². The van der Waals surface area contributed by atoms with E-state index in [1.807, 2.05) is 0 Å². The topological polar surface area (TPSA) is 72.2 Å². The van der Waals surface area contributed by atoms with Crippen molar-refractivity contribution in [2.75, 3.05) is 12.4 Å². The number of nitro groups is 1. The molecule has 0 aromatic heterocycles. The van der Waals surface area contributed by atoms with Gasteiger partial charge in [-0.1, -0.05) is 12.2 Å². The van der Waals surface area contributed by atoms with E-state index in [4.69, 9.17) is 11.6 Å². The molecule has 1 N–H and O–H groups in total. The highest BCUT2D eigenvalue weighted by Crippen LogP contribution is 2.19. The maximum Gasteiger partial charge on any atom is 0.285 e. The van der Waals surface area contributed by atoms with Crippen LogP contribution in [0.2, 0.25) is 0 Å². The quantitative estimate of drug-likeness (QED) is 0.387. The molecule has 1 rings (SSSR count). The third-order valence-electron chi connectivity index (χ3n) is 2.04. The Labute approximate surface area is 107 Å². The molecule has 0 radical (unpaired) electrons. The average Bonchev–Trinajstić information content (AvgIpc) is 2.34. The van der Waals surface area contributed by atoms with Gasteiger partial charge in [-0.3, -0.25) is 14.9 Å². The van der Waals surface area contributed by atoms with Gasteiger partial charge < -0.3 is 5.32 Å². The number of nitro benzene ring substituents is 1. The zero-order valence-electron chi connectivity index (χ0n) is 9.23. The van der Waals surface area contributed by atoms with Crippen LogP contribution in [0.3, 0.4) is 0 Å². The van der Waals surface area contributed by atoms with Crippen molar-refractivity contribution in [2.24, 2.45) is 0 Å². The number of carbonyl (C=O) groups is 1. The number of amides is 1. The molecule has 5 nitrogen and oxygen atoms in total. The number of alkyl halides is 1. The van der Waals surface area contributed by atoms with Gasteiger partial charge in [0.15, 0.2) is 0 Å². The lowest BCUT2D eigenvalue weighted by Crippen LogP contribution is -2.24. The smallest absolute Gasteiger partial charge is 0.285 e. The first kappa shape index (κ1) is 14.1. The minimum atomic E-state index is -0.799. The molecule has 0 aliphatic carbocycles. The van der Waals surface area contributed by atoms with Crippen LogP contribution in [0.1, 0.15) is 10.4 Å². The van der Waals surface area contributed by atoms with Gasteiger partial charge in [-0.2, -0.15) is 0 Å². The summed E-state index contributed by atoms with van der Waals surface area (Å²) in [6.07, 6.45) is 3.24. The van der Waals surface area contributed by atoms with Gasteiger partial charge in [-0.05, 0) is 12.1 Å². The zero-order chi connectivity index (χ0) is 13.5. The summed E-state index contributed by atoms with van der Waals surface area (Å²) in [7, 11) is 0. The fraction of sp³-hybridized carbons (Fsp3) is 0.182. The van der Waals surface area contributed by atoms with E-state index in [0.717, 1.165) is 12.1 Å². The Morgan fingerprint density at radius 3 is 2.83 bits per heavy atom. The van der Waals surface area contributed by atoms with Crippen molar-refractivity contribution < 1.29 is 14.1 Å². The Bertz CT molecular complexity index is 491. The summed E-state index contributed by atoms with van der Waals surface area (Å²) in [6.45, 7) is 0.195. The standard InChI is InChI=1S/C11H10ClFN2O3/c12-5-1-2-6-14-11(16)9-4-3-8(13)7-10(9)15(17)18/h1-4,7H,5-6H2,(H,14,16)/b2-1+. The monoisotopic (exact) mass is 272 g/mol. The highest BCUT2D eigenvalue weighted by Gasteiger charge is 2.20. The number of rotatable bonds is 5. The zero-order valence-corrected chi connectivity index (χ0v) is 9.98. The number of carbonyl (C=O) groups excluding carboxylic acids is 1. The molecular weight excluding hydrogens is 263 g/mol. The van der Waals surface area contributed by atoms with Crippen molar-refractivity contribution in [2.45, 2.75) is 0 Å². The molecule has 96 valence electrons. The minimum absolute atomic E-state index is 0.180. The Kier molecular flexibility index (Phi) is 5.26. The van der Waals surface area contributed by atoms with Crippen LogP contribution in [0.4, 0.5) is 10.1 Å². The van der Waals surface area contributed by atoms with E-state index in [2.05, 4.69) is 5.32 Å². The minimum Gasteiger partial charge on any atom is -0.348 e. The summed E-state index contributed by atoms with van der Waals surface area (Å²) in [5.41, 5.74) is -0.741. The van der Waals surface area contributed by atoms with E-state index < -0.39 is 22.3 Å². The number of halogens is 2. The van der Waals surface area contributed by atoms with Crippen LogP contribution in [-0.2, 0) is 0 Å². The predicted octanol–water partition coefficient (Wildman–Crippen LogP) is 2.26. The van der Waals surface area contributed by atoms with Gasteiger partial charge in [-0.25, -0.2) is 4.39 Å². The normalized spacial score (nSPS) is 10.6. The number of allylic oxidation sites excluding steroid dienone is 1. The largest absolute Gasteiger partial charge is 0.348 e. The van der Waals surface area contributed by atoms with E-state index in [9.17, 15) is 19.3 Å². The third kappa shape index (κ3) is 3.81. The van der Waals surface area contributed by atoms with Crippen molar-refractivity contribution in [3.63, 3.8) is 0 Å². The van der Waals surface area contributed by atoms with Crippen molar-refractivity contribution in [1.29, 1.82) is 0 Å². The number of nitrogens with zero attached hydrogens (tertiary/aromatic N) is 1. The van der Waals surface area contributed by atoms with E-state index in [0.29, 0.717) is 11.9 Å². The fourth-order valence-corrected chi connectivity index (χ4v) is 1.37. The van der Waals surface area contributed by atoms with E-state index >= 15 is 0 Å². The lowest BCUT2D eigenvalue weighted by Gasteiger charge is -2.03. The fourth-order valence-electron chi connectivity index (χ4n) is 1.24. The summed E-state index contributed by atoms with van der Waals surface area (Å²) in [5, 5.41) is 13.1. The first-order chi connectivity index (χ1) is 8.56. The summed E-state index contributed by atoms with van der Waals surface area (Å²) < 4.78 is 12.9. The van der Waals surface area contributed by atoms with E-state index in [1.54, 1.807) is 12.2 Å².